The average molecular weight is 208 g/mol. The van der Waals surface area contributed by atoms with Gasteiger partial charge in [0, 0.05) is 18.4 Å². The molecule has 0 bridgehead atoms. The molecule has 0 unspecified atom stereocenters. The molecule has 0 aliphatic heterocycles. The molecule has 0 heterocycles. The van der Waals surface area contributed by atoms with Crippen molar-refractivity contribution in [1.82, 2.24) is 0 Å². The number of rotatable bonds is 1. The Morgan fingerprint density at radius 1 is 1.47 bits per heavy atom. The number of fused-ring (bicyclic) bond motifs is 1. The molecule has 0 saturated heterocycles. The molecule has 2 aliphatic rings. The Morgan fingerprint density at radius 2 is 2.27 bits per heavy atom. The third-order valence-corrected chi connectivity index (χ3v) is 4.35. The van der Waals surface area contributed by atoms with Gasteiger partial charge in [-0.2, -0.15) is 0 Å². The molecule has 2 rings (SSSR count). The van der Waals surface area contributed by atoms with Gasteiger partial charge >= 0.3 is 0 Å². The van der Waals surface area contributed by atoms with E-state index in [1.165, 1.54) is 0 Å². The lowest BCUT2D eigenvalue weighted by atomic mass is 9.68. The smallest absolute Gasteiger partial charge is 0.139 e. The van der Waals surface area contributed by atoms with E-state index in [0.717, 1.165) is 25.7 Å². The summed E-state index contributed by atoms with van der Waals surface area (Å²) in [6.45, 7) is 2.33. The molecule has 0 amide bonds. The largest absolute Gasteiger partial charge is 0.396 e. The van der Waals surface area contributed by atoms with E-state index in [9.17, 15) is 9.90 Å². The summed E-state index contributed by atoms with van der Waals surface area (Å²) < 4.78 is 0. The first-order valence-electron chi connectivity index (χ1n) is 5.97. The zero-order valence-corrected chi connectivity index (χ0v) is 9.41. The van der Waals surface area contributed by atoms with Crippen LogP contribution in [0.5, 0.6) is 0 Å². The molecule has 0 aromatic rings. The van der Waals surface area contributed by atoms with Gasteiger partial charge in [0.25, 0.3) is 0 Å². The molecule has 2 heteroatoms. The number of allylic oxidation sites excluding steroid dienone is 2. The van der Waals surface area contributed by atoms with Crippen molar-refractivity contribution in [1.29, 1.82) is 0 Å². The van der Waals surface area contributed by atoms with E-state index in [0.29, 0.717) is 24.0 Å². The lowest BCUT2D eigenvalue weighted by Crippen LogP contribution is -2.35. The second-order valence-corrected chi connectivity index (χ2v) is 5.18. The second-order valence-electron chi connectivity index (χ2n) is 5.18. The van der Waals surface area contributed by atoms with Crippen LogP contribution in [0.3, 0.4) is 0 Å². The summed E-state index contributed by atoms with van der Waals surface area (Å²) in [7, 11) is 0. The molecule has 84 valence electrons. The van der Waals surface area contributed by atoms with Gasteiger partial charge in [0.05, 0.1) is 0 Å². The highest BCUT2D eigenvalue weighted by Crippen LogP contribution is 2.48. The van der Waals surface area contributed by atoms with Crippen LogP contribution < -0.4 is 0 Å². The highest BCUT2D eigenvalue weighted by Gasteiger charge is 2.48. The number of aliphatic hydroxyl groups is 1. The third kappa shape index (κ3) is 1.76. The van der Waals surface area contributed by atoms with Gasteiger partial charge in [-0.1, -0.05) is 19.1 Å². The molecule has 0 aromatic heterocycles. The van der Waals surface area contributed by atoms with Crippen LogP contribution in [0.4, 0.5) is 0 Å². The molecule has 2 aliphatic carbocycles. The molecule has 15 heavy (non-hydrogen) atoms. The Kier molecular flexibility index (Phi) is 2.96. The monoisotopic (exact) mass is 208 g/mol. The summed E-state index contributed by atoms with van der Waals surface area (Å²) in [6, 6.07) is 0. The molecule has 0 radical (unpaired) electrons. The number of carbonyl (C=O) groups is 1. The molecule has 0 aromatic carbocycles. The minimum atomic E-state index is -0.190. The number of Topliss-reactive ketones (excluding diaryl/α,β-unsaturated/α-hetero) is 1. The summed E-state index contributed by atoms with van der Waals surface area (Å²) in [5, 5.41) is 9.42. The molecule has 3 atom stereocenters. The molecular weight excluding hydrogens is 188 g/mol. The topological polar surface area (TPSA) is 37.3 Å². The minimum Gasteiger partial charge on any atom is -0.396 e. The fourth-order valence-electron chi connectivity index (χ4n) is 3.29. The normalized spacial score (nSPS) is 43.2. The summed E-state index contributed by atoms with van der Waals surface area (Å²) >= 11 is 0. The molecule has 1 fully saturated rings. The predicted octanol–water partition coefficient (Wildman–Crippen LogP) is 2.32. The number of carbonyl (C=O) groups excluding carboxylic acids is 1. The van der Waals surface area contributed by atoms with Crippen LogP contribution >= 0.6 is 0 Å². The van der Waals surface area contributed by atoms with E-state index >= 15 is 0 Å². The Labute approximate surface area is 91.4 Å². The Bertz CT molecular complexity index is 282. The Hall–Kier alpha value is -0.630. The standard InChI is InChI=1S/C13H20O2/c1-13-8-4-2-3-5-10(9-14)11(13)6-7-12(13)15/h2,4,10-11,14H,3,5-9H2,1H3/b4-2-/t10-,11+,13+/m0/s1. The maximum atomic E-state index is 11.9. The van der Waals surface area contributed by atoms with Gasteiger partial charge in [-0.3, -0.25) is 4.79 Å². The second kappa shape index (κ2) is 4.09. The first-order chi connectivity index (χ1) is 7.18. The zero-order chi connectivity index (χ0) is 10.9. The predicted molar refractivity (Wildman–Crippen MR) is 59.4 cm³/mol. The van der Waals surface area contributed by atoms with Gasteiger partial charge in [0.15, 0.2) is 0 Å². The van der Waals surface area contributed by atoms with Crippen molar-refractivity contribution in [2.75, 3.05) is 6.61 Å². The van der Waals surface area contributed by atoms with Crippen LogP contribution in [0.15, 0.2) is 12.2 Å². The van der Waals surface area contributed by atoms with Crippen molar-refractivity contribution in [3.8, 4) is 0 Å². The van der Waals surface area contributed by atoms with E-state index in [1.54, 1.807) is 0 Å². The lowest BCUT2D eigenvalue weighted by molar-refractivity contribution is -0.127. The Balaban J connectivity index is 2.28. The van der Waals surface area contributed by atoms with Gasteiger partial charge in [0.2, 0.25) is 0 Å². The van der Waals surface area contributed by atoms with E-state index < -0.39 is 0 Å². The first kappa shape index (κ1) is 10.9. The van der Waals surface area contributed by atoms with Gasteiger partial charge in [0.1, 0.15) is 5.78 Å². The summed E-state index contributed by atoms with van der Waals surface area (Å²) in [6.07, 6.45) is 8.96. The van der Waals surface area contributed by atoms with Crippen molar-refractivity contribution < 1.29 is 9.90 Å². The lowest BCUT2D eigenvalue weighted by Gasteiger charge is -2.35. The average Bonchev–Trinajstić information content (AvgIpc) is 2.47. The third-order valence-electron chi connectivity index (χ3n) is 4.35. The molecule has 0 spiro atoms. The first-order valence-corrected chi connectivity index (χ1v) is 5.97. The van der Waals surface area contributed by atoms with Crippen LogP contribution in [0.2, 0.25) is 0 Å². The Morgan fingerprint density at radius 3 is 3.00 bits per heavy atom. The summed E-state index contributed by atoms with van der Waals surface area (Å²) in [4.78, 5) is 11.9. The van der Waals surface area contributed by atoms with E-state index in [1.807, 2.05) is 0 Å². The van der Waals surface area contributed by atoms with Gasteiger partial charge in [-0.25, -0.2) is 0 Å². The van der Waals surface area contributed by atoms with Gasteiger partial charge in [-0.15, -0.1) is 0 Å². The van der Waals surface area contributed by atoms with Crippen molar-refractivity contribution in [2.45, 2.75) is 39.0 Å². The molecule has 2 nitrogen and oxygen atoms in total. The fraction of sp³-hybridized carbons (Fsp3) is 0.769. The number of ketones is 1. The fourth-order valence-corrected chi connectivity index (χ4v) is 3.29. The maximum Gasteiger partial charge on any atom is 0.139 e. The van der Waals surface area contributed by atoms with E-state index in [-0.39, 0.29) is 12.0 Å². The summed E-state index contributed by atoms with van der Waals surface area (Å²) in [5.74, 6) is 1.13. The van der Waals surface area contributed by atoms with Crippen molar-refractivity contribution in [2.24, 2.45) is 17.3 Å². The highest BCUT2D eigenvalue weighted by atomic mass is 16.3. The molecule has 1 saturated carbocycles. The van der Waals surface area contributed by atoms with Crippen LogP contribution in [0.1, 0.15) is 39.0 Å². The number of hydrogen-bond donors (Lipinski definition) is 1. The zero-order valence-electron chi connectivity index (χ0n) is 9.41. The van der Waals surface area contributed by atoms with Gasteiger partial charge < -0.3 is 5.11 Å². The number of aliphatic hydroxyl groups excluding tert-OH is 1. The molecule has 1 N–H and O–H groups in total. The maximum absolute atomic E-state index is 11.9. The quantitative estimate of drug-likeness (QED) is 0.671. The van der Waals surface area contributed by atoms with Gasteiger partial charge in [-0.05, 0) is 37.5 Å². The van der Waals surface area contributed by atoms with E-state index in [2.05, 4.69) is 19.1 Å². The molecular formula is C13H20O2. The van der Waals surface area contributed by atoms with E-state index in [4.69, 9.17) is 0 Å². The SMILES string of the molecule is C[C@@]12C/C=C\CC[C@@H](CO)[C@H]1CCC2=O. The van der Waals surface area contributed by atoms with Crippen LogP contribution in [0, 0.1) is 17.3 Å². The van der Waals surface area contributed by atoms with Crippen molar-refractivity contribution >= 4 is 5.78 Å². The number of hydrogen-bond acceptors (Lipinski definition) is 2. The minimum absolute atomic E-state index is 0.190. The van der Waals surface area contributed by atoms with Crippen LogP contribution in [-0.4, -0.2) is 17.5 Å². The van der Waals surface area contributed by atoms with Crippen molar-refractivity contribution in [3.63, 3.8) is 0 Å². The van der Waals surface area contributed by atoms with Crippen LogP contribution in [-0.2, 0) is 4.79 Å². The summed E-state index contributed by atoms with van der Waals surface area (Å²) in [5.41, 5.74) is -0.190. The van der Waals surface area contributed by atoms with Crippen LogP contribution in [0.25, 0.3) is 0 Å². The van der Waals surface area contributed by atoms with Crippen molar-refractivity contribution in [3.05, 3.63) is 12.2 Å². The highest BCUT2D eigenvalue weighted by molar-refractivity contribution is 5.87.